The Bertz CT molecular complexity index is 466. The Morgan fingerprint density at radius 3 is 2.45 bits per heavy atom. The predicted molar refractivity (Wildman–Crippen MR) is 82.0 cm³/mol. The molecule has 22 heavy (non-hydrogen) atoms. The third kappa shape index (κ3) is 7.61. The summed E-state index contributed by atoms with van der Waals surface area (Å²) in [6, 6.07) is 8.53. The lowest BCUT2D eigenvalue weighted by molar-refractivity contribution is -0.121. The lowest BCUT2D eigenvalue weighted by Gasteiger charge is -2.16. The van der Waals surface area contributed by atoms with E-state index in [1.165, 1.54) is 0 Å². The third-order valence-corrected chi connectivity index (χ3v) is 2.89. The number of ether oxygens (including phenoxy) is 1. The largest absolute Gasteiger partial charge is 0.445 e. The fourth-order valence-electron chi connectivity index (χ4n) is 1.82. The van der Waals surface area contributed by atoms with Crippen LogP contribution in [0.4, 0.5) is 9.18 Å². The van der Waals surface area contributed by atoms with Crippen LogP contribution in [0.2, 0.25) is 0 Å². The molecule has 0 saturated carbocycles. The van der Waals surface area contributed by atoms with Gasteiger partial charge >= 0.3 is 6.09 Å². The van der Waals surface area contributed by atoms with Crippen LogP contribution in [0.5, 0.6) is 0 Å². The second-order valence-electron chi connectivity index (χ2n) is 5.32. The molecule has 1 atom stereocenters. The second-order valence-corrected chi connectivity index (χ2v) is 5.32. The molecule has 0 fully saturated rings. The number of hydrogen-bond donors (Lipinski definition) is 2. The van der Waals surface area contributed by atoms with E-state index in [2.05, 4.69) is 10.6 Å². The number of alkyl halides is 1. The van der Waals surface area contributed by atoms with Crippen LogP contribution in [0.15, 0.2) is 30.3 Å². The van der Waals surface area contributed by atoms with Crippen LogP contribution in [0, 0.1) is 0 Å². The Morgan fingerprint density at radius 1 is 1.18 bits per heavy atom. The van der Waals surface area contributed by atoms with Gasteiger partial charge in [-0.2, -0.15) is 0 Å². The summed E-state index contributed by atoms with van der Waals surface area (Å²) >= 11 is 0. The van der Waals surface area contributed by atoms with Gasteiger partial charge < -0.3 is 15.4 Å². The molecule has 0 heterocycles. The summed E-state index contributed by atoms with van der Waals surface area (Å²) in [5.41, 5.74) is 0.853. The minimum Gasteiger partial charge on any atom is -0.445 e. The summed E-state index contributed by atoms with van der Waals surface area (Å²) in [7, 11) is 0. The van der Waals surface area contributed by atoms with Gasteiger partial charge in [-0.3, -0.25) is 4.79 Å². The minimum atomic E-state index is -0.741. The van der Waals surface area contributed by atoms with Gasteiger partial charge in [0.15, 0.2) is 0 Å². The van der Waals surface area contributed by atoms with Crippen molar-refractivity contribution < 1.29 is 18.7 Å². The van der Waals surface area contributed by atoms with Crippen molar-refractivity contribution in [1.29, 1.82) is 0 Å². The van der Waals surface area contributed by atoms with Gasteiger partial charge in [0.05, 0.1) is 6.04 Å². The topological polar surface area (TPSA) is 67.4 Å². The molecule has 1 aromatic rings. The fourth-order valence-corrected chi connectivity index (χ4v) is 1.82. The Morgan fingerprint density at radius 2 is 1.86 bits per heavy atom. The van der Waals surface area contributed by atoms with Crippen molar-refractivity contribution in [3.63, 3.8) is 0 Å². The van der Waals surface area contributed by atoms with Gasteiger partial charge in [-0.15, -0.1) is 0 Å². The molecule has 0 bridgehead atoms. The van der Waals surface area contributed by atoms with Gasteiger partial charge in [0, 0.05) is 12.5 Å². The van der Waals surface area contributed by atoms with Crippen LogP contribution >= 0.6 is 0 Å². The zero-order valence-corrected chi connectivity index (χ0v) is 13.0. The molecule has 0 aliphatic rings. The first-order valence-corrected chi connectivity index (χ1v) is 7.33. The first-order chi connectivity index (χ1) is 10.5. The number of amides is 2. The molecule has 2 N–H and O–H groups in total. The number of carbonyl (C=O) groups is 2. The number of rotatable bonds is 8. The summed E-state index contributed by atoms with van der Waals surface area (Å²) < 4.78 is 17.9. The molecule has 1 rings (SSSR count). The minimum absolute atomic E-state index is 0.0418. The third-order valence-electron chi connectivity index (χ3n) is 2.89. The smallest absolute Gasteiger partial charge is 0.407 e. The number of hydrogen-bond acceptors (Lipinski definition) is 3. The van der Waals surface area contributed by atoms with Crippen molar-refractivity contribution in [2.24, 2.45) is 0 Å². The van der Waals surface area contributed by atoms with Crippen LogP contribution in [-0.4, -0.2) is 30.8 Å². The Balaban J connectivity index is 2.29. The first-order valence-electron chi connectivity index (χ1n) is 7.33. The predicted octanol–water partition coefficient (Wildman–Crippen LogP) is 2.56. The van der Waals surface area contributed by atoms with E-state index in [0.717, 1.165) is 5.56 Å². The van der Waals surface area contributed by atoms with E-state index in [0.29, 0.717) is 0 Å². The Labute approximate surface area is 130 Å². The molecule has 0 spiro atoms. The van der Waals surface area contributed by atoms with Crippen LogP contribution in [0.1, 0.15) is 32.3 Å². The standard InChI is InChI=1S/C16H23FN2O3/c1-12(2)18-15(20)9-8-14(10-17)19-16(21)22-11-13-6-4-3-5-7-13/h3-7,12,14H,8-11H2,1-2H3,(H,18,20)(H,19,21). The van der Waals surface area contributed by atoms with Gasteiger partial charge in [0.2, 0.25) is 5.91 Å². The van der Waals surface area contributed by atoms with Gasteiger partial charge in [-0.05, 0) is 25.8 Å². The lowest BCUT2D eigenvalue weighted by atomic mass is 10.1. The molecule has 0 aliphatic carbocycles. The summed E-state index contributed by atoms with van der Waals surface area (Å²) in [6.07, 6.45) is -0.294. The Kier molecular flexibility index (Phi) is 7.96. The van der Waals surface area contributed by atoms with Crippen molar-refractivity contribution >= 4 is 12.0 Å². The Hall–Kier alpha value is -2.11. The van der Waals surface area contributed by atoms with Crippen LogP contribution < -0.4 is 10.6 Å². The molecule has 0 aliphatic heterocycles. The van der Waals surface area contributed by atoms with E-state index < -0.39 is 18.8 Å². The molecule has 0 aromatic heterocycles. The quantitative estimate of drug-likeness (QED) is 0.775. The van der Waals surface area contributed by atoms with E-state index in [1.54, 1.807) is 0 Å². The molecular weight excluding hydrogens is 287 g/mol. The highest BCUT2D eigenvalue weighted by atomic mass is 19.1. The molecule has 2 amide bonds. The van der Waals surface area contributed by atoms with Gasteiger partial charge in [-0.1, -0.05) is 30.3 Å². The summed E-state index contributed by atoms with van der Waals surface area (Å²) in [5, 5.41) is 5.15. The number of nitrogens with one attached hydrogen (secondary N) is 2. The zero-order chi connectivity index (χ0) is 16.4. The molecule has 1 aromatic carbocycles. The maximum Gasteiger partial charge on any atom is 0.407 e. The number of benzene rings is 1. The van der Waals surface area contributed by atoms with Crippen LogP contribution in [0.3, 0.4) is 0 Å². The number of alkyl carbamates (subject to hydrolysis) is 1. The van der Waals surface area contributed by atoms with Crippen molar-refractivity contribution in [3.05, 3.63) is 35.9 Å². The molecule has 0 radical (unpaired) electrons. The van der Waals surface area contributed by atoms with Crippen molar-refractivity contribution in [2.45, 2.75) is 45.4 Å². The summed E-state index contributed by atoms with van der Waals surface area (Å²) in [4.78, 5) is 23.1. The highest BCUT2D eigenvalue weighted by molar-refractivity contribution is 5.76. The monoisotopic (exact) mass is 310 g/mol. The molecule has 1 unspecified atom stereocenters. The summed E-state index contributed by atoms with van der Waals surface area (Å²) in [6.45, 7) is 3.09. The van der Waals surface area contributed by atoms with E-state index >= 15 is 0 Å². The van der Waals surface area contributed by atoms with E-state index in [4.69, 9.17) is 4.74 Å². The molecule has 122 valence electrons. The van der Waals surface area contributed by atoms with E-state index in [9.17, 15) is 14.0 Å². The zero-order valence-electron chi connectivity index (χ0n) is 13.0. The maximum absolute atomic E-state index is 12.9. The van der Waals surface area contributed by atoms with E-state index in [1.807, 2.05) is 44.2 Å². The average molecular weight is 310 g/mol. The normalized spacial score (nSPS) is 11.8. The van der Waals surface area contributed by atoms with Gasteiger partial charge in [0.25, 0.3) is 0 Å². The molecule has 5 nitrogen and oxygen atoms in total. The molecule has 0 saturated heterocycles. The molecular formula is C16H23FN2O3. The first kappa shape index (κ1) is 17.9. The fraction of sp³-hybridized carbons (Fsp3) is 0.500. The average Bonchev–Trinajstić information content (AvgIpc) is 2.49. The van der Waals surface area contributed by atoms with Crippen molar-refractivity contribution in [3.8, 4) is 0 Å². The number of halogens is 1. The summed E-state index contributed by atoms with van der Waals surface area (Å²) in [5.74, 6) is -0.159. The van der Waals surface area contributed by atoms with E-state index in [-0.39, 0.29) is 31.4 Å². The van der Waals surface area contributed by atoms with Crippen molar-refractivity contribution in [1.82, 2.24) is 10.6 Å². The van der Waals surface area contributed by atoms with Crippen molar-refractivity contribution in [2.75, 3.05) is 6.67 Å². The van der Waals surface area contributed by atoms with Crippen LogP contribution in [-0.2, 0) is 16.1 Å². The van der Waals surface area contributed by atoms with Gasteiger partial charge in [0.1, 0.15) is 13.3 Å². The lowest BCUT2D eigenvalue weighted by Crippen LogP contribution is -2.38. The van der Waals surface area contributed by atoms with Crippen LogP contribution in [0.25, 0.3) is 0 Å². The number of carbonyl (C=O) groups excluding carboxylic acids is 2. The molecule has 6 heteroatoms. The SMILES string of the molecule is CC(C)NC(=O)CCC(CF)NC(=O)OCc1ccccc1. The second kappa shape index (κ2) is 9.76. The highest BCUT2D eigenvalue weighted by Crippen LogP contribution is 2.03. The highest BCUT2D eigenvalue weighted by Gasteiger charge is 2.15. The maximum atomic E-state index is 12.9. The van der Waals surface area contributed by atoms with Gasteiger partial charge in [-0.25, -0.2) is 9.18 Å².